The van der Waals surface area contributed by atoms with E-state index >= 15 is 0 Å². The molecule has 20 heavy (non-hydrogen) atoms. The van der Waals surface area contributed by atoms with Gasteiger partial charge < -0.3 is 15.5 Å². The van der Waals surface area contributed by atoms with Crippen molar-refractivity contribution in [3.05, 3.63) is 15.6 Å². The van der Waals surface area contributed by atoms with Gasteiger partial charge in [0, 0.05) is 18.0 Å². The fourth-order valence-corrected chi connectivity index (χ4v) is 2.68. The van der Waals surface area contributed by atoms with Crippen molar-refractivity contribution in [2.45, 2.75) is 33.7 Å². The summed E-state index contributed by atoms with van der Waals surface area (Å²) in [7, 11) is 4.18. The van der Waals surface area contributed by atoms with Gasteiger partial charge in [-0.1, -0.05) is 0 Å². The van der Waals surface area contributed by atoms with Crippen molar-refractivity contribution in [3.63, 3.8) is 0 Å². The number of hydrogen-bond acceptors (Lipinski definition) is 4. The summed E-state index contributed by atoms with van der Waals surface area (Å²) >= 11 is 1.73. The molecule has 0 amide bonds. The third-order valence-electron chi connectivity index (χ3n) is 2.80. The average Bonchev–Trinajstić information content (AvgIpc) is 2.69. The number of thiazole rings is 1. The summed E-state index contributed by atoms with van der Waals surface area (Å²) in [5.41, 5.74) is 1.10. The lowest BCUT2D eigenvalue weighted by atomic mass is 10.4. The van der Waals surface area contributed by atoms with Crippen LogP contribution < -0.4 is 10.6 Å². The quantitative estimate of drug-likeness (QED) is 0.457. The van der Waals surface area contributed by atoms with E-state index in [0.717, 1.165) is 42.7 Å². The molecule has 6 heteroatoms. The Hall–Kier alpha value is -1.14. The minimum absolute atomic E-state index is 0.695. The number of guanidine groups is 1. The van der Waals surface area contributed by atoms with Gasteiger partial charge >= 0.3 is 0 Å². The van der Waals surface area contributed by atoms with Crippen LogP contribution in [0, 0.1) is 13.8 Å². The molecule has 114 valence electrons. The maximum atomic E-state index is 4.63. The molecule has 0 saturated heterocycles. The van der Waals surface area contributed by atoms with E-state index < -0.39 is 0 Å². The number of aliphatic imine (C=N–C) groups is 1. The van der Waals surface area contributed by atoms with Crippen LogP contribution in [0.4, 0.5) is 0 Å². The second-order valence-electron chi connectivity index (χ2n) is 5.02. The maximum absolute atomic E-state index is 4.63. The summed E-state index contributed by atoms with van der Waals surface area (Å²) < 4.78 is 0. The molecule has 1 aromatic rings. The summed E-state index contributed by atoms with van der Waals surface area (Å²) in [6.07, 6.45) is 1.11. The molecule has 0 radical (unpaired) electrons. The zero-order valence-corrected chi connectivity index (χ0v) is 14.1. The summed E-state index contributed by atoms with van der Waals surface area (Å²) in [5.74, 6) is 0.886. The molecule has 1 heterocycles. The molecular formula is C14H27N5S. The van der Waals surface area contributed by atoms with Gasteiger partial charge in [0.1, 0.15) is 0 Å². The Labute approximate surface area is 126 Å². The monoisotopic (exact) mass is 297 g/mol. The number of rotatable bonds is 7. The molecule has 0 bridgehead atoms. The summed E-state index contributed by atoms with van der Waals surface area (Å²) in [6.45, 7) is 9.76. The van der Waals surface area contributed by atoms with E-state index in [0.29, 0.717) is 6.54 Å². The van der Waals surface area contributed by atoms with Gasteiger partial charge in [0.05, 0.1) is 17.2 Å². The van der Waals surface area contributed by atoms with Crippen LogP contribution in [0.25, 0.3) is 0 Å². The minimum Gasteiger partial charge on any atom is -0.357 e. The van der Waals surface area contributed by atoms with Crippen LogP contribution in [0.5, 0.6) is 0 Å². The molecule has 1 aromatic heterocycles. The second kappa shape index (κ2) is 8.92. The van der Waals surface area contributed by atoms with Crippen molar-refractivity contribution in [2.24, 2.45) is 4.99 Å². The Morgan fingerprint density at radius 1 is 1.30 bits per heavy atom. The number of nitrogens with zero attached hydrogens (tertiary/aromatic N) is 3. The first-order valence-electron chi connectivity index (χ1n) is 7.12. The second-order valence-corrected chi connectivity index (χ2v) is 6.31. The average molecular weight is 297 g/mol. The molecule has 2 N–H and O–H groups in total. The van der Waals surface area contributed by atoms with Crippen molar-refractivity contribution in [2.75, 3.05) is 33.7 Å². The van der Waals surface area contributed by atoms with Gasteiger partial charge in [0.25, 0.3) is 0 Å². The first kappa shape index (κ1) is 16.9. The molecule has 0 spiro atoms. The Bertz CT molecular complexity index is 425. The third-order valence-corrected chi connectivity index (χ3v) is 3.86. The van der Waals surface area contributed by atoms with Crippen LogP contribution in [0.3, 0.4) is 0 Å². The number of nitrogens with one attached hydrogen (secondary N) is 2. The van der Waals surface area contributed by atoms with Gasteiger partial charge in [-0.05, 0) is 47.8 Å². The molecule has 0 aliphatic heterocycles. The molecule has 0 atom stereocenters. The normalized spacial score (nSPS) is 12.0. The largest absolute Gasteiger partial charge is 0.357 e. The van der Waals surface area contributed by atoms with Gasteiger partial charge in [0.2, 0.25) is 0 Å². The predicted molar refractivity (Wildman–Crippen MR) is 87.6 cm³/mol. The zero-order chi connectivity index (χ0) is 15.0. The van der Waals surface area contributed by atoms with E-state index in [4.69, 9.17) is 0 Å². The van der Waals surface area contributed by atoms with Crippen LogP contribution in [0.2, 0.25) is 0 Å². The predicted octanol–water partition coefficient (Wildman–Crippen LogP) is 1.77. The molecule has 0 aliphatic carbocycles. The molecule has 0 unspecified atom stereocenters. The zero-order valence-electron chi connectivity index (χ0n) is 13.3. The minimum atomic E-state index is 0.695. The fraction of sp³-hybridized carbons (Fsp3) is 0.714. The van der Waals surface area contributed by atoms with Crippen molar-refractivity contribution in [1.29, 1.82) is 0 Å². The highest BCUT2D eigenvalue weighted by Gasteiger charge is 2.04. The van der Waals surface area contributed by atoms with Crippen LogP contribution in [0.15, 0.2) is 4.99 Å². The van der Waals surface area contributed by atoms with Gasteiger partial charge in [-0.3, -0.25) is 0 Å². The van der Waals surface area contributed by atoms with Crippen molar-refractivity contribution >= 4 is 17.3 Å². The van der Waals surface area contributed by atoms with Crippen LogP contribution in [0.1, 0.15) is 28.9 Å². The Kier molecular flexibility index (Phi) is 7.54. The van der Waals surface area contributed by atoms with Crippen LogP contribution in [-0.4, -0.2) is 49.6 Å². The molecular weight excluding hydrogens is 270 g/mol. The summed E-state index contributed by atoms with van der Waals surface area (Å²) in [6, 6.07) is 0. The van der Waals surface area contributed by atoms with Crippen LogP contribution in [-0.2, 0) is 6.54 Å². The topological polar surface area (TPSA) is 52.6 Å². The van der Waals surface area contributed by atoms with Crippen molar-refractivity contribution in [3.8, 4) is 0 Å². The van der Waals surface area contributed by atoms with Gasteiger partial charge in [-0.15, -0.1) is 11.3 Å². The lowest BCUT2D eigenvalue weighted by Gasteiger charge is -2.13. The number of aromatic nitrogens is 1. The van der Waals surface area contributed by atoms with E-state index in [1.165, 1.54) is 4.88 Å². The van der Waals surface area contributed by atoms with E-state index in [2.05, 4.69) is 46.5 Å². The Morgan fingerprint density at radius 2 is 2.05 bits per heavy atom. The highest BCUT2D eigenvalue weighted by molar-refractivity contribution is 7.11. The SMILES string of the molecule is CCNC(=NCc1sc(C)nc1C)NCCCN(C)C. The standard InChI is InChI=1S/C14H27N5S/c1-6-15-14(16-8-7-9-19(4)5)17-10-13-11(2)18-12(3)20-13/h6-10H2,1-5H3,(H2,15,16,17). The molecule has 5 nitrogen and oxygen atoms in total. The number of aryl methyl sites for hydroxylation is 2. The van der Waals surface area contributed by atoms with E-state index in [-0.39, 0.29) is 0 Å². The Morgan fingerprint density at radius 3 is 2.60 bits per heavy atom. The third kappa shape index (κ3) is 6.34. The number of hydrogen-bond donors (Lipinski definition) is 2. The van der Waals surface area contributed by atoms with Crippen molar-refractivity contribution < 1.29 is 0 Å². The maximum Gasteiger partial charge on any atom is 0.191 e. The van der Waals surface area contributed by atoms with E-state index in [1.807, 2.05) is 13.8 Å². The summed E-state index contributed by atoms with van der Waals surface area (Å²) in [5, 5.41) is 7.75. The summed E-state index contributed by atoms with van der Waals surface area (Å²) in [4.78, 5) is 12.5. The molecule has 0 aromatic carbocycles. The highest BCUT2D eigenvalue weighted by atomic mass is 32.1. The molecule has 0 saturated carbocycles. The van der Waals surface area contributed by atoms with E-state index in [9.17, 15) is 0 Å². The molecule has 1 rings (SSSR count). The Balaban J connectivity index is 2.47. The first-order valence-corrected chi connectivity index (χ1v) is 7.94. The lowest BCUT2D eigenvalue weighted by molar-refractivity contribution is 0.399. The van der Waals surface area contributed by atoms with Crippen LogP contribution >= 0.6 is 11.3 Å². The first-order chi connectivity index (χ1) is 9.52. The van der Waals surface area contributed by atoms with Gasteiger partial charge in [-0.2, -0.15) is 0 Å². The van der Waals surface area contributed by atoms with Crippen molar-refractivity contribution in [1.82, 2.24) is 20.5 Å². The fourth-order valence-electron chi connectivity index (χ4n) is 1.81. The highest BCUT2D eigenvalue weighted by Crippen LogP contribution is 2.17. The smallest absolute Gasteiger partial charge is 0.191 e. The molecule has 0 fully saturated rings. The molecule has 0 aliphatic rings. The van der Waals surface area contributed by atoms with Gasteiger partial charge in [0.15, 0.2) is 5.96 Å². The lowest BCUT2D eigenvalue weighted by Crippen LogP contribution is -2.38. The van der Waals surface area contributed by atoms with E-state index in [1.54, 1.807) is 11.3 Å². The van der Waals surface area contributed by atoms with Gasteiger partial charge in [-0.25, -0.2) is 9.98 Å².